The Morgan fingerprint density at radius 2 is 1.86 bits per heavy atom. The van der Waals surface area contributed by atoms with Crippen molar-refractivity contribution in [2.75, 3.05) is 6.54 Å². The van der Waals surface area contributed by atoms with Crippen molar-refractivity contribution >= 4 is 27.4 Å². The van der Waals surface area contributed by atoms with Gasteiger partial charge in [0.1, 0.15) is 5.03 Å². The van der Waals surface area contributed by atoms with E-state index in [4.69, 9.17) is 0 Å². The molecule has 1 N–H and O–H groups in total. The molecule has 0 atom stereocenters. The van der Waals surface area contributed by atoms with Gasteiger partial charge in [-0.15, -0.1) is 10.2 Å². The molecule has 0 saturated heterocycles. The van der Waals surface area contributed by atoms with Crippen molar-refractivity contribution in [2.45, 2.75) is 22.1 Å². The summed E-state index contributed by atoms with van der Waals surface area (Å²) < 4.78 is 28.9. The molecule has 0 spiro atoms. The third-order valence-corrected chi connectivity index (χ3v) is 6.57. The molecule has 3 aromatic heterocycles. The highest BCUT2D eigenvalue weighted by Crippen LogP contribution is 2.20. The van der Waals surface area contributed by atoms with E-state index in [-0.39, 0.29) is 11.4 Å². The average molecular weight is 427 g/mol. The van der Waals surface area contributed by atoms with Crippen LogP contribution in [0.25, 0.3) is 5.65 Å². The Bertz CT molecular complexity index is 1200. The Morgan fingerprint density at radius 1 is 1.00 bits per heavy atom. The Labute approximate surface area is 172 Å². The fourth-order valence-corrected chi connectivity index (χ4v) is 4.51. The lowest BCUT2D eigenvalue weighted by atomic mass is 10.3. The molecule has 10 heteroatoms. The van der Waals surface area contributed by atoms with Crippen LogP contribution < -0.4 is 4.72 Å². The highest BCUT2D eigenvalue weighted by Gasteiger charge is 2.14. The predicted molar refractivity (Wildman–Crippen MR) is 110 cm³/mol. The molecule has 0 aliphatic rings. The van der Waals surface area contributed by atoms with Crippen molar-refractivity contribution in [1.29, 1.82) is 0 Å². The molecule has 1 aromatic carbocycles. The summed E-state index contributed by atoms with van der Waals surface area (Å²) >= 11 is 1.59. The van der Waals surface area contributed by atoms with E-state index in [0.29, 0.717) is 17.9 Å². The minimum atomic E-state index is -3.55. The monoisotopic (exact) mass is 426 g/mol. The van der Waals surface area contributed by atoms with Gasteiger partial charge in [-0.3, -0.25) is 4.98 Å². The molecule has 148 valence electrons. The number of sulfonamides is 1. The molecule has 0 saturated carbocycles. The molecule has 0 aliphatic carbocycles. The summed E-state index contributed by atoms with van der Waals surface area (Å²) in [6.45, 7) is 0.201. The molecule has 0 unspecified atom stereocenters. The van der Waals surface area contributed by atoms with Crippen LogP contribution in [0.1, 0.15) is 11.4 Å². The molecule has 0 bridgehead atoms. The second-order valence-electron chi connectivity index (χ2n) is 6.17. The SMILES string of the molecule is O=S(=O)(NCCc1nnc2ccc(SCc3cccnc3)nn12)c1ccccc1. The van der Waals surface area contributed by atoms with Gasteiger partial charge in [-0.25, -0.2) is 13.1 Å². The molecule has 0 radical (unpaired) electrons. The number of thioether (sulfide) groups is 1. The number of rotatable bonds is 8. The fourth-order valence-electron chi connectivity index (χ4n) is 2.67. The molecule has 0 aliphatic heterocycles. The van der Waals surface area contributed by atoms with Gasteiger partial charge in [0.2, 0.25) is 10.0 Å². The summed E-state index contributed by atoms with van der Waals surface area (Å²) in [6, 6.07) is 15.9. The van der Waals surface area contributed by atoms with Gasteiger partial charge in [0.25, 0.3) is 0 Å². The standard InChI is InChI=1S/C19H18N6O2S2/c26-29(27,16-6-2-1-3-7-16)21-12-10-18-23-22-17-8-9-19(24-25(17)18)28-14-15-5-4-11-20-13-15/h1-9,11,13,21H,10,12,14H2. The van der Waals surface area contributed by atoms with Gasteiger partial charge in [-0.1, -0.05) is 36.0 Å². The van der Waals surface area contributed by atoms with Crippen molar-refractivity contribution < 1.29 is 8.42 Å². The molecular weight excluding hydrogens is 408 g/mol. The largest absolute Gasteiger partial charge is 0.264 e. The molecule has 8 nitrogen and oxygen atoms in total. The Morgan fingerprint density at radius 3 is 2.66 bits per heavy atom. The summed E-state index contributed by atoms with van der Waals surface area (Å²) in [5.74, 6) is 1.35. The zero-order chi connectivity index (χ0) is 20.1. The minimum absolute atomic E-state index is 0.201. The number of nitrogens with one attached hydrogen (secondary N) is 1. The fraction of sp³-hybridized carbons (Fsp3) is 0.158. The first kappa shape index (κ1) is 19.5. The van der Waals surface area contributed by atoms with E-state index in [1.54, 1.807) is 52.8 Å². The molecule has 4 aromatic rings. The molecular formula is C19H18N6O2S2. The normalized spacial score (nSPS) is 11.7. The van der Waals surface area contributed by atoms with Gasteiger partial charge in [0.15, 0.2) is 11.5 Å². The average Bonchev–Trinajstić information content (AvgIpc) is 3.16. The first-order valence-corrected chi connectivity index (χ1v) is 11.4. The number of fused-ring (bicyclic) bond motifs is 1. The van der Waals surface area contributed by atoms with Crippen LogP contribution >= 0.6 is 11.8 Å². The van der Waals surface area contributed by atoms with Gasteiger partial charge in [-0.05, 0) is 35.9 Å². The Balaban J connectivity index is 1.42. The smallest absolute Gasteiger partial charge is 0.240 e. The van der Waals surface area contributed by atoms with E-state index in [1.807, 2.05) is 30.5 Å². The van der Waals surface area contributed by atoms with E-state index in [0.717, 1.165) is 16.3 Å². The van der Waals surface area contributed by atoms with Crippen LogP contribution in [0.15, 0.2) is 76.9 Å². The summed E-state index contributed by atoms with van der Waals surface area (Å²) in [6.07, 6.45) is 3.94. The van der Waals surface area contributed by atoms with Gasteiger partial charge < -0.3 is 0 Å². The maximum atomic E-state index is 12.3. The third-order valence-electron chi connectivity index (χ3n) is 4.11. The minimum Gasteiger partial charge on any atom is -0.264 e. The van der Waals surface area contributed by atoms with Crippen LogP contribution in [0.3, 0.4) is 0 Å². The number of aromatic nitrogens is 5. The number of nitrogens with zero attached hydrogens (tertiary/aromatic N) is 5. The van der Waals surface area contributed by atoms with Crippen LogP contribution in [0.4, 0.5) is 0 Å². The predicted octanol–water partition coefficient (Wildman–Crippen LogP) is 2.33. The molecule has 4 rings (SSSR count). The zero-order valence-electron chi connectivity index (χ0n) is 15.3. The number of hydrogen-bond acceptors (Lipinski definition) is 7. The lowest BCUT2D eigenvalue weighted by Crippen LogP contribution is -2.26. The van der Waals surface area contributed by atoms with E-state index < -0.39 is 10.0 Å². The molecule has 3 heterocycles. The summed E-state index contributed by atoms with van der Waals surface area (Å²) in [4.78, 5) is 4.35. The molecule has 29 heavy (non-hydrogen) atoms. The lowest BCUT2D eigenvalue weighted by molar-refractivity contribution is 0.580. The van der Waals surface area contributed by atoms with Gasteiger partial charge in [0.05, 0.1) is 4.90 Å². The van der Waals surface area contributed by atoms with Crippen molar-refractivity contribution in [1.82, 2.24) is 29.5 Å². The van der Waals surface area contributed by atoms with Crippen molar-refractivity contribution in [3.05, 3.63) is 78.4 Å². The lowest BCUT2D eigenvalue weighted by Gasteiger charge is -2.06. The molecule has 0 amide bonds. The van der Waals surface area contributed by atoms with E-state index >= 15 is 0 Å². The first-order valence-electron chi connectivity index (χ1n) is 8.89. The van der Waals surface area contributed by atoms with Crippen LogP contribution in [0.2, 0.25) is 0 Å². The number of benzene rings is 1. The Kier molecular flexibility index (Phi) is 5.84. The number of pyridine rings is 1. The van der Waals surface area contributed by atoms with Crippen LogP contribution in [0.5, 0.6) is 0 Å². The van der Waals surface area contributed by atoms with E-state index in [2.05, 4.69) is 25.0 Å². The highest BCUT2D eigenvalue weighted by molar-refractivity contribution is 7.98. The second kappa shape index (κ2) is 8.68. The Hall–Kier alpha value is -2.82. The second-order valence-corrected chi connectivity index (χ2v) is 8.93. The van der Waals surface area contributed by atoms with Crippen molar-refractivity contribution in [3.63, 3.8) is 0 Å². The summed E-state index contributed by atoms with van der Waals surface area (Å²) in [5.41, 5.74) is 1.73. The van der Waals surface area contributed by atoms with Crippen LogP contribution in [-0.4, -0.2) is 39.8 Å². The maximum absolute atomic E-state index is 12.3. The van der Waals surface area contributed by atoms with E-state index in [9.17, 15) is 8.42 Å². The topological polar surface area (TPSA) is 102 Å². The van der Waals surface area contributed by atoms with Crippen molar-refractivity contribution in [2.24, 2.45) is 0 Å². The highest BCUT2D eigenvalue weighted by atomic mass is 32.2. The van der Waals surface area contributed by atoms with E-state index in [1.165, 1.54) is 0 Å². The molecule has 0 fully saturated rings. The number of hydrogen-bond donors (Lipinski definition) is 1. The van der Waals surface area contributed by atoms with Gasteiger partial charge in [-0.2, -0.15) is 9.61 Å². The van der Waals surface area contributed by atoms with Gasteiger partial charge in [0, 0.05) is 31.1 Å². The maximum Gasteiger partial charge on any atom is 0.240 e. The van der Waals surface area contributed by atoms with Crippen LogP contribution in [-0.2, 0) is 22.2 Å². The summed E-state index contributed by atoms with van der Waals surface area (Å²) in [7, 11) is -3.55. The van der Waals surface area contributed by atoms with Gasteiger partial charge >= 0.3 is 0 Å². The van der Waals surface area contributed by atoms with Crippen molar-refractivity contribution in [3.8, 4) is 0 Å². The zero-order valence-corrected chi connectivity index (χ0v) is 17.0. The third kappa shape index (κ3) is 4.78. The first-order chi connectivity index (χ1) is 14.1. The summed E-state index contributed by atoms with van der Waals surface area (Å²) in [5, 5.41) is 13.7. The quantitative estimate of drug-likeness (QED) is 0.431. The van der Waals surface area contributed by atoms with Crippen LogP contribution in [0, 0.1) is 0 Å².